The summed E-state index contributed by atoms with van der Waals surface area (Å²) < 4.78 is 5.87. The lowest BCUT2D eigenvalue weighted by Gasteiger charge is -2.34. The molecular formula is C22H24ClN3O2. The lowest BCUT2D eigenvalue weighted by molar-refractivity contribution is -0.136. The Morgan fingerprint density at radius 3 is 2.54 bits per heavy atom. The van der Waals surface area contributed by atoms with Gasteiger partial charge in [0.2, 0.25) is 5.91 Å². The molecule has 0 spiro atoms. The Labute approximate surface area is 169 Å². The number of hydrogen-bond donors (Lipinski definition) is 0. The molecular weight excluding hydrogens is 374 g/mol. The minimum Gasteiger partial charge on any atom is -0.423 e. The molecule has 6 heteroatoms. The number of oxazole rings is 1. The molecule has 0 N–H and O–H groups in total. The largest absolute Gasteiger partial charge is 0.423 e. The van der Waals surface area contributed by atoms with Crippen LogP contribution >= 0.6 is 11.6 Å². The smallest absolute Gasteiger partial charge is 0.298 e. The molecule has 1 aliphatic rings. The van der Waals surface area contributed by atoms with Crippen LogP contribution in [0.1, 0.15) is 31.4 Å². The monoisotopic (exact) mass is 397 g/mol. The fourth-order valence-corrected chi connectivity index (χ4v) is 3.88. The van der Waals surface area contributed by atoms with Crippen molar-refractivity contribution in [3.63, 3.8) is 0 Å². The standard InChI is InChI=1S/C22H24ClN3O2/c1-15(16-7-9-18(23)10-8-16)25(2)21(27)17-11-13-26(14-12-17)22-24-19-5-3-4-6-20(19)28-22/h3-10,15,17H,11-14H2,1-2H3/t15-/m0/s1. The maximum atomic E-state index is 13.0. The zero-order valence-electron chi connectivity index (χ0n) is 16.1. The predicted octanol–water partition coefficient (Wildman–Crippen LogP) is 4.92. The SMILES string of the molecule is C[C@@H](c1ccc(Cl)cc1)N(C)C(=O)C1CCN(c2nc3ccccc3o2)CC1. The average Bonchev–Trinajstić information content (AvgIpc) is 3.17. The van der Waals surface area contributed by atoms with Crippen LogP contribution in [-0.2, 0) is 4.79 Å². The number of hydrogen-bond acceptors (Lipinski definition) is 4. The lowest BCUT2D eigenvalue weighted by atomic mass is 9.94. The molecule has 28 heavy (non-hydrogen) atoms. The van der Waals surface area contributed by atoms with Crippen molar-refractivity contribution in [1.29, 1.82) is 0 Å². The molecule has 0 bridgehead atoms. The van der Waals surface area contributed by atoms with Crippen molar-refractivity contribution >= 4 is 34.6 Å². The number of para-hydroxylation sites is 2. The van der Waals surface area contributed by atoms with Crippen LogP contribution < -0.4 is 4.90 Å². The third-order valence-electron chi connectivity index (χ3n) is 5.68. The van der Waals surface area contributed by atoms with E-state index >= 15 is 0 Å². The highest BCUT2D eigenvalue weighted by Gasteiger charge is 2.30. The average molecular weight is 398 g/mol. The first-order valence-electron chi connectivity index (χ1n) is 9.65. The number of nitrogens with zero attached hydrogens (tertiary/aromatic N) is 3. The molecule has 1 aliphatic heterocycles. The summed E-state index contributed by atoms with van der Waals surface area (Å²) in [5, 5.41) is 0.705. The maximum Gasteiger partial charge on any atom is 0.298 e. The molecule has 146 valence electrons. The number of halogens is 1. The third-order valence-corrected chi connectivity index (χ3v) is 5.93. The van der Waals surface area contributed by atoms with E-state index in [1.807, 2.05) is 60.5 Å². The van der Waals surface area contributed by atoms with E-state index < -0.39 is 0 Å². The highest BCUT2D eigenvalue weighted by molar-refractivity contribution is 6.30. The van der Waals surface area contributed by atoms with Gasteiger partial charge in [0.1, 0.15) is 5.52 Å². The van der Waals surface area contributed by atoms with Gasteiger partial charge in [0.25, 0.3) is 6.01 Å². The van der Waals surface area contributed by atoms with Gasteiger partial charge in [-0.15, -0.1) is 0 Å². The first-order chi connectivity index (χ1) is 13.5. The second-order valence-electron chi connectivity index (χ2n) is 7.40. The molecule has 0 radical (unpaired) electrons. The van der Waals surface area contributed by atoms with Gasteiger partial charge in [-0.1, -0.05) is 35.9 Å². The number of fused-ring (bicyclic) bond motifs is 1. The molecule has 5 nitrogen and oxygen atoms in total. The van der Waals surface area contributed by atoms with Gasteiger partial charge < -0.3 is 14.2 Å². The van der Waals surface area contributed by atoms with E-state index in [0.717, 1.165) is 42.6 Å². The summed E-state index contributed by atoms with van der Waals surface area (Å²) in [6.07, 6.45) is 1.60. The number of amides is 1. The maximum absolute atomic E-state index is 13.0. The summed E-state index contributed by atoms with van der Waals surface area (Å²) >= 11 is 5.97. The van der Waals surface area contributed by atoms with E-state index in [1.54, 1.807) is 0 Å². The Bertz CT molecular complexity index is 928. The topological polar surface area (TPSA) is 49.6 Å². The highest BCUT2D eigenvalue weighted by Crippen LogP contribution is 2.29. The first-order valence-corrected chi connectivity index (χ1v) is 10.0. The van der Waals surface area contributed by atoms with Crippen molar-refractivity contribution in [2.24, 2.45) is 5.92 Å². The molecule has 0 unspecified atom stereocenters. The van der Waals surface area contributed by atoms with Crippen LogP contribution in [0.5, 0.6) is 0 Å². The zero-order chi connectivity index (χ0) is 19.7. The van der Waals surface area contributed by atoms with Gasteiger partial charge in [-0.2, -0.15) is 4.98 Å². The van der Waals surface area contributed by atoms with Crippen LogP contribution in [-0.4, -0.2) is 35.9 Å². The van der Waals surface area contributed by atoms with Crippen LogP contribution in [0, 0.1) is 5.92 Å². The Hall–Kier alpha value is -2.53. The minimum atomic E-state index is 0.0137. The second-order valence-corrected chi connectivity index (χ2v) is 7.84. The summed E-state index contributed by atoms with van der Waals surface area (Å²) in [6.45, 7) is 3.59. The summed E-state index contributed by atoms with van der Waals surface area (Å²) in [5.74, 6) is 0.222. The van der Waals surface area contributed by atoms with Crippen LogP contribution in [0.3, 0.4) is 0 Å². The van der Waals surface area contributed by atoms with E-state index in [4.69, 9.17) is 16.0 Å². The Morgan fingerprint density at radius 1 is 1.18 bits per heavy atom. The molecule has 1 saturated heterocycles. The van der Waals surface area contributed by atoms with E-state index in [0.29, 0.717) is 11.0 Å². The van der Waals surface area contributed by atoms with Gasteiger partial charge in [0.15, 0.2) is 5.58 Å². The van der Waals surface area contributed by atoms with Gasteiger partial charge in [0.05, 0.1) is 6.04 Å². The molecule has 2 heterocycles. The number of carbonyl (C=O) groups excluding carboxylic acids is 1. The van der Waals surface area contributed by atoms with Crippen LogP contribution in [0.25, 0.3) is 11.1 Å². The molecule has 2 aromatic carbocycles. The van der Waals surface area contributed by atoms with Crippen molar-refractivity contribution < 1.29 is 9.21 Å². The summed E-state index contributed by atoms with van der Waals surface area (Å²) in [6, 6.07) is 16.1. The molecule has 0 saturated carbocycles. The van der Waals surface area contributed by atoms with Crippen molar-refractivity contribution in [3.05, 3.63) is 59.1 Å². The van der Waals surface area contributed by atoms with E-state index in [1.165, 1.54) is 0 Å². The van der Waals surface area contributed by atoms with E-state index in [9.17, 15) is 4.79 Å². The fourth-order valence-electron chi connectivity index (χ4n) is 3.76. The normalized spacial score (nSPS) is 16.3. The Kier molecular flexibility index (Phi) is 5.27. The van der Waals surface area contributed by atoms with Crippen LogP contribution in [0.4, 0.5) is 6.01 Å². The van der Waals surface area contributed by atoms with Crippen LogP contribution in [0.15, 0.2) is 52.9 Å². The molecule has 4 rings (SSSR count). The number of anilines is 1. The molecule has 1 atom stereocenters. The van der Waals surface area contributed by atoms with Gasteiger partial charge in [-0.25, -0.2) is 0 Å². The number of carbonyl (C=O) groups is 1. The number of rotatable bonds is 4. The Balaban J connectivity index is 1.38. The third kappa shape index (κ3) is 3.72. The van der Waals surface area contributed by atoms with Gasteiger partial charge >= 0.3 is 0 Å². The summed E-state index contributed by atoms with van der Waals surface area (Å²) in [5.41, 5.74) is 2.75. The zero-order valence-corrected chi connectivity index (χ0v) is 16.9. The lowest BCUT2D eigenvalue weighted by Crippen LogP contribution is -2.42. The minimum absolute atomic E-state index is 0.0137. The van der Waals surface area contributed by atoms with Gasteiger partial charge in [-0.3, -0.25) is 4.79 Å². The second kappa shape index (κ2) is 7.84. The number of piperidine rings is 1. The van der Waals surface area contributed by atoms with E-state index in [2.05, 4.69) is 16.8 Å². The summed E-state index contributed by atoms with van der Waals surface area (Å²) in [7, 11) is 1.88. The molecule has 1 fully saturated rings. The highest BCUT2D eigenvalue weighted by atomic mass is 35.5. The van der Waals surface area contributed by atoms with E-state index in [-0.39, 0.29) is 17.9 Å². The molecule has 3 aromatic rings. The first kappa shape index (κ1) is 18.8. The van der Waals surface area contributed by atoms with Crippen molar-refractivity contribution in [2.45, 2.75) is 25.8 Å². The van der Waals surface area contributed by atoms with Crippen molar-refractivity contribution in [2.75, 3.05) is 25.0 Å². The molecule has 1 aromatic heterocycles. The van der Waals surface area contributed by atoms with Crippen molar-refractivity contribution in [1.82, 2.24) is 9.88 Å². The number of benzene rings is 2. The van der Waals surface area contributed by atoms with Gasteiger partial charge in [0, 0.05) is 31.1 Å². The molecule has 1 amide bonds. The molecule has 0 aliphatic carbocycles. The van der Waals surface area contributed by atoms with Crippen molar-refractivity contribution in [3.8, 4) is 0 Å². The summed E-state index contributed by atoms with van der Waals surface area (Å²) in [4.78, 5) is 21.6. The number of aromatic nitrogens is 1. The Morgan fingerprint density at radius 2 is 1.86 bits per heavy atom. The quantitative estimate of drug-likeness (QED) is 0.627. The van der Waals surface area contributed by atoms with Gasteiger partial charge in [-0.05, 0) is 49.6 Å². The fraction of sp³-hybridized carbons (Fsp3) is 0.364. The predicted molar refractivity (Wildman–Crippen MR) is 112 cm³/mol. The van der Waals surface area contributed by atoms with Crippen LogP contribution in [0.2, 0.25) is 5.02 Å².